The summed E-state index contributed by atoms with van der Waals surface area (Å²) in [7, 11) is -3.63. The third-order valence-electron chi connectivity index (χ3n) is 5.22. The van der Waals surface area contributed by atoms with Crippen molar-refractivity contribution in [3.63, 3.8) is 0 Å². The molecule has 0 aromatic heterocycles. The highest BCUT2D eigenvalue weighted by atomic mass is 35.5. The minimum absolute atomic E-state index is 0.177. The molecule has 0 radical (unpaired) electrons. The van der Waals surface area contributed by atoms with Crippen LogP contribution in [0, 0.1) is 0 Å². The summed E-state index contributed by atoms with van der Waals surface area (Å²) in [4.78, 5) is 25.3. The van der Waals surface area contributed by atoms with Crippen molar-refractivity contribution in [1.29, 1.82) is 0 Å². The quantitative estimate of drug-likeness (QED) is 0.707. The number of carbonyl (C=O) groups is 2. The number of benzene rings is 2. The summed E-state index contributed by atoms with van der Waals surface area (Å²) in [5, 5.41) is 0.392. The van der Waals surface area contributed by atoms with E-state index in [-0.39, 0.29) is 40.9 Å². The number of imide groups is 1. The molecule has 2 amide bonds. The molecule has 0 atom stereocenters. The Morgan fingerprint density at radius 2 is 1.66 bits per heavy atom. The molecule has 0 aliphatic carbocycles. The van der Waals surface area contributed by atoms with Gasteiger partial charge in [-0.15, -0.1) is 0 Å². The highest BCUT2D eigenvalue weighted by molar-refractivity contribution is 8.14. The Hall–Kier alpha value is -1.87. The lowest BCUT2D eigenvalue weighted by atomic mass is 10.1. The fourth-order valence-corrected chi connectivity index (χ4v) is 6.13. The number of hydrogen-bond donors (Lipinski definition) is 0. The standard InChI is InChI=1S/C20H19ClN2O4S2/c21-16-3-1-2-15(12-16)14-4-6-18(7-5-14)29(26,27)22-10-8-17(9-11-22)23-19(24)13-28-20(23)25/h1-7,12,17H,8-11,13H2. The highest BCUT2D eigenvalue weighted by Crippen LogP contribution is 2.30. The highest BCUT2D eigenvalue weighted by Gasteiger charge is 2.39. The Kier molecular flexibility index (Phi) is 5.70. The number of rotatable bonds is 4. The zero-order chi connectivity index (χ0) is 20.6. The van der Waals surface area contributed by atoms with Crippen molar-refractivity contribution in [2.45, 2.75) is 23.8 Å². The first-order valence-electron chi connectivity index (χ1n) is 9.21. The number of hydrogen-bond acceptors (Lipinski definition) is 5. The predicted octanol–water partition coefficient (Wildman–Crippen LogP) is 3.86. The van der Waals surface area contributed by atoms with Gasteiger partial charge in [0, 0.05) is 24.2 Å². The SMILES string of the molecule is O=C1CSC(=O)N1C1CCN(S(=O)(=O)c2ccc(-c3cccc(Cl)c3)cc2)CC1. The molecule has 2 heterocycles. The van der Waals surface area contributed by atoms with Crippen molar-refractivity contribution in [2.24, 2.45) is 0 Å². The molecule has 0 saturated carbocycles. The number of halogens is 1. The number of amides is 2. The summed E-state index contributed by atoms with van der Waals surface area (Å²) in [6.07, 6.45) is 0.912. The van der Waals surface area contributed by atoms with E-state index in [1.54, 1.807) is 30.3 Å². The molecule has 2 aliphatic rings. The van der Waals surface area contributed by atoms with Gasteiger partial charge in [-0.1, -0.05) is 47.6 Å². The van der Waals surface area contributed by atoms with E-state index in [4.69, 9.17) is 11.6 Å². The summed E-state index contributed by atoms with van der Waals surface area (Å²) in [5.41, 5.74) is 1.80. The van der Waals surface area contributed by atoms with Gasteiger partial charge in [0.1, 0.15) is 0 Å². The lowest BCUT2D eigenvalue weighted by Gasteiger charge is -2.34. The molecule has 0 spiro atoms. The number of carbonyl (C=O) groups excluding carboxylic acids is 2. The van der Waals surface area contributed by atoms with Gasteiger partial charge >= 0.3 is 0 Å². The molecule has 2 saturated heterocycles. The van der Waals surface area contributed by atoms with Crippen molar-refractivity contribution in [3.05, 3.63) is 53.6 Å². The van der Waals surface area contributed by atoms with Crippen molar-refractivity contribution in [2.75, 3.05) is 18.8 Å². The van der Waals surface area contributed by atoms with Crippen LogP contribution in [0.2, 0.25) is 5.02 Å². The predicted molar refractivity (Wildman–Crippen MR) is 113 cm³/mol. The van der Waals surface area contributed by atoms with E-state index in [2.05, 4.69) is 0 Å². The molecule has 9 heteroatoms. The first kappa shape index (κ1) is 20.4. The van der Waals surface area contributed by atoms with Crippen LogP contribution in [-0.2, 0) is 14.8 Å². The Bertz CT molecular complexity index is 1030. The molecule has 2 fully saturated rings. The lowest BCUT2D eigenvalue weighted by Crippen LogP contribution is -2.48. The molecule has 0 bridgehead atoms. The second kappa shape index (κ2) is 8.10. The summed E-state index contributed by atoms with van der Waals surface area (Å²) in [5.74, 6) is -0.00558. The van der Waals surface area contributed by atoms with Gasteiger partial charge in [0.15, 0.2) is 0 Å². The molecule has 0 N–H and O–H groups in total. The molecule has 29 heavy (non-hydrogen) atoms. The van der Waals surface area contributed by atoms with Crippen LogP contribution in [-0.4, -0.2) is 53.7 Å². The van der Waals surface area contributed by atoms with Crippen molar-refractivity contribution < 1.29 is 18.0 Å². The summed E-state index contributed by atoms with van der Waals surface area (Å²) >= 11 is 7.04. The molecule has 2 aromatic rings. The molecule has 4 rings (SSSR count). The molecule has 0 unspecified atom stereocenters. The Morgan fingerprint density at radius 1 is 0.966 bits per heavy atom. The number of thioether (sulfide) groups is 1. The fraction of sp³-hybridized carbons (Fsp3) is 0.300. The fourth-order valence-electron chi connectivity index (χ4n) is 3.69. The first-order chi connectivity index (χ1) is 13.9. The molecule has 2 aromatic carbocycles. The van der Waals surface area contributed by atoms with E-state index in [0.29, 0.717) is 17.9 Å². The number of sulfonamides is 1. The van der Waals surface area contributed by atoms with Gasteiger partial charge in [-0.05, 0) is 48.2 Å². The summed E-state index contributed by atoms with van der Waals surface area (Å²) in [6.45, 7) is 0.565. The first-order valence-corrected chi connectivity index (χ1v) is 12.0. The Labute approximate surface area is 178 Å². The van der Waals surface area contributed by atoms with Crippen LogP contribution in [0.1, 0.15) is 12.8 Å². The minimum atomic E-state index is -3.63. The van der Waals surface area contributed by atoms with Gasteiger partial charge in [-0.2, -0.15) is 4.31 Å². The van der Waals surface area contributed by atoms with E-state index >= 15 is 0 Å². The van der Waals surface area contributed by atoms with Crippen LogP contribution >= 0.6 is 23.4 Å². The molecule has 152 valence electrons. The van der Waals surface area contributed by atoms with Gasteiger partial charge in [0.25, 0.3) is 5.24 Å². The smallest absolute Gasteiger partial charge is 0.273 e. The summed E-state index contributed by atoms with van der Waals surface area (Å²) < 4.78 is 27.4. The van der Waals surface area contributed by atoms with Gasteiger partial charge in [-0.25, -0.2) is 8.42 Å². The zero-order valence-corrected chi connectivity index (χ0v) is 17.8. The van der Waals surface area contributed by atoms with E-state index in [1.807, 2.05) is 18.2 Å². The lowest BCUT2D eigenvalue weighted by molar-refractivity contribution is -0.126. The van der Waals surface area contributed by atoms with E-state index < -0.39 is 10.0 Å². The second-order valence-electron chi connectivity index (χ2n) is 6.99. The average molecular weight is 451 g/mol. The zero-order valence-electron chi connectivity index (χ0n) is 15.5. The molecule has 6 nitrogen and oxygen atoms in total. The maximum absolute atomic E-state index is 13.0. The maximum atomic E-state index is 13.0. The average Bonchev–Trinajstić information content (AvgIpc) is 3.06. The molecular formula is C20H19ClN2O4S2. The minimum Gasteiger partial charge on any atom is -0.273 e. The topological polar surface area (TPSA) is 74.8 Å². The van der Waals surface area contributed by atoms with Crippen molar-refractivity contribution in [3.8, 4) is 11.1 Å². The summed E-state index contributed by atoms with van der Waals surface area (Å²) in [6, 6.07) is 13.9. The maximum Gasteiger partial charge on any atom is 0.289 e. The van der Waals surface area contributed by atoms with E-state index in [0.717, 1.165) is 22.9 Å². The van der Waals surface area contributed by atoms with Crippen LogP contribution in [0.4, 0.5) is 4.79 Å². The van der Waals surface area contributed by atoms with E-state index in [9.17, 15) is 18.0 Å². The van der Waals surface area contributed by atoms with Crippen LogP contribution in [0.5, 0.6) is 0 Å². The monoisotopic (exact) mass is 450 g/mol. The third kappa shape index (κ3) is 4.07. The molecule has 2 aliphatic heterocycles. The number of piperidine rings is 1. The van der Waals surface area contributed by atoms with Crippen LogP contribution in [0.3, 0.4) is 0 Å². The van der Waals surface area contributed by atoms with Gasteiger partial charge in [-0.3, -0.25) is 14.5 Å². The van der Waals surface area contributed by atoms with Crippen LogP contribution in [0.25, 0.3) is 11.1 Å². The largest absolute Gasteiger partial charge is 0.289 e. The van der Waals surface area contributed by atoms with Crippen molar-refractivity contribution >= 4 is 44.5 Å². The van der Waals surface area contributed by atoms with Gasteiger partial charge in [0.05, 0.1) is 10.6 Å². The number of nitrogens with zero attached hydrogens (tertiary/aromatic N) is 2. The Morgan fingerprint density at radius 3 is 2.24 bits per heavy atom. The van der Waals surface area contributed by atoms with Crippen LogP contribution in [0.15, 0.2) is 53.4 Å². The second-order valence-corrected chi connectivity index (χ2v) is 10.3. The normalized spacial score (nSPS) is 19.1. The molecular weight excluding hydrogens is 432 g/mol. The third-order valence-corrected chi connectivity index (χ3v) is 8.21. The van der Waals surface area contributed by atoms with Gasteiger partial charge in [0.2, 0.25) is 15.9 Å². The van der Waals surface area contributed by atoms with Gasteiger partial charge < -0.3 is 0 Å². The Balaban J connectivity index is 1.46. The van der Waals surface area contributed by atoms with E-state index in [1.165, 1.54) is 9.21 Å². The van der Waals surface area contributed by atoms with Crippen LogP contribution < -0.4 is 0 Å². The van der Waals surface area contributed by atoms with Crippen molar-refractivity contribution in [1.82, 2.24) is 9.21 Å².